The van der Waals surface area contributed by atoms with Gasteiger partial charge in [0.25, 0.3) is 0 Å². The summed E-state index contributed by atoms with van der Waals surface area (Å²) < 4.78 is 33.1. The molecular formula is C19H22N2O3S. The highest BCUT2D eigenvalue weighted by atomic mass is 32.2. The fourth-order valence-electron chi connectivity index (χ4n) is 3.51. The summed E-state index contributed by atoms with van der Waals surface area (Å²) in [6, 6.07) is 15.4. The van der Waals surface area contributed by atoms with Crippen molar-refractivity contribution in [3.63, 3.8) is 0 Å². The van der Waals surface area contributed by atoms with Crippen molar-refractivity contribution in [2.24, 2.45) is 0 Å². The van der Waals surface area contributed by atoms with E-state index in [1.54, 1.807) is 16.4 Å². The van der Waals surface area contributed by atoms with E-state index in [4.69, 9.17) is 4.74 Å². The Hall–Kier alpha value is -1.89. The van der Waals surface area contributed by atoms with Crippen molar-refractivity contribution in [1.29, 1.82) is 0 Å². The lowest BCUT2D eigenvalue weighted by atomic mass is 10.1. The number of ether oxygens (including phenoxy) is 1. The number of piperidine rings is 1. The molecule has 2 aliphatic heterocycles. The van der Waals surface area contributed by atoms with Crippen molar-refractivity contribution in [1.82, 2.24) is 4.31 Å². The third-order valence-corrected chi connectivity index (χ3v) is 6.72. The molecule has 132 valence electrons. The van der Waals surface area contributed by atoms with Gasteiger partial charge in [-0.3, -0.25) is 0 Å². The van der Waals surface area contributed by atoms with Gasteiger partial charge in [-0.15, -0.1) is 0 Å². The number of benzene rings is 2. The van der Waals surface area contributed by atoms with Crippen LogP contribution in [0.25, 0.3) is 0 Å². The molecule has 0 aromatic heterocycles. The molecule has 2 aliphatic rings. The first-order chi connectivity index (χ1) is 12.1. The summed E-state index contributed by atoms with van der Waals surface area (Å²) in [5.74, 6) is 0. The van der Waals surface area contributed by atoms with E-state index in [0.717, 1.165) is 29.7 Å². The van der Waals surface area contributed by atoms with Crippen LogP contribution in [-0.4, -0.2) is 31.9 Å². The van der Waals surface area contributed by atoms with Crippen LogP contribution in [-0.2, 0) is 28.0 Å². The number of para-hydroxylation sites is 1. The summed E-state index contributed by atoms with van der Waals surface area (Å²) in [7, 11) is -3.47. The summed E-state index contributed by atoms with van der Waals surface area (Å²) >= 11 is 0. The Morgan fingerprint density at radius 3 is 2.68 bits per heavy atom. The maximum atomic E-state index is 13.0. The van der Waals surface area contributed by atoms with Gasteiger partial charge in [0.2, 0.25) is 10.0 Å². The average Bonchev–Trinajstić information content (AvgIpc) is 3.10. The first kappa shape index (κ1) is 16.6. The van der Waals surface area contributed by atoms with Gasteiger partial charge >= 0.3 is 0 Å². The summed E-state index contributed by atoms with van der Waals surface area (Å²) in [5, 5.41) is 3.45. The van der Waals surface area contributed by atoms with Crippen molar-refractivity contribution in [3.05, 3.63) is 59.7 Å². The van der Waals surface area contributed by atoms with Crippen LogP contribution in [0.3, 0.4) is 0 Å². The Balaban J connectivity index is 1.52. The molecule has 1 saturated heterocycles. The van der Waals surface area contributed by atoms with E-state index in [9.17, 15) is 8.42 Å². The smallest absolute Gasteiger partial charge is 0.243 e. The van der Waals surface area contributed by atoms with E-state index in [2.05, 4.69) is 5.32 Å². The minimum absolute atomic E-state index is 0.128. The van der Waals surface area contributed by atoms with Gasteiger partial charge in [-0.1, -0.05) is 24.3 Å². The third-order valence-electron chi connectivity index (χ3n) is 4.86. The van der Waals surface area contributed by atoms with Gasteiger partial charge in [0, 0.05) is 24.8 Å². The van der Waals surface area contributed by atoms with Gasteiger partial charge in [0.05, 0.1) is 18.1 Å². The maximum absolute atomic E-state index is 13.0. The van der Waals surface area contributed by atoms with Crippen LogP contribution in [0.1, 0.15) is 24.0 Å². The normalized spacial score (nSPS) is 21.0. The summed E-state index contributed by atoms with van der Waals surface area (Å²) in [4.78, 5) is 0.372. The molecule has 4 rings (SSSR count). The van der Waals surface area contributed by atoms with Crippen molar-refractivity contribution in [3.8, 4) is 0 Å². The molecule has 0 bridgehead atoms. The number of nitrogens with zero attached hydrogens (tertiary/aromatic N) is 1. The lowest BCUT2D eigenvalue weighted by Gasteiger charge is -2.33. The van der Waals surface area contributed by atoms with E-state index < -0.39 is 10.0 Å². The summed E-state index contributed by atoms with van der Waals surface area (Å²) in [5.41, 5.74) is 3.10. The second-order valence-corrected chi connectivity index (χ2v) is 8.57. The minimum Gasteiger partial charge on any atom is -0.381 e. The number of sulfonamides is 1. The second-order valence-electron chi connectivity index (χ2n) is 6.64. The Morgan fingerprint density at radius 1 is 1.04 bits per heavy atom. The molecule has 0 radical (unpaired) electrons. The van der Waals surface area contributed by atoms with Gasteiger partial charge in [0.15, 0.2) is 0 Å². The lowest BCUT2D eigenvalue weighted by molar-refractivity contribution is 0.134. The Kier molecular flexibility index (Phi) is 4.50. The lowest BCUT2D eigenvalue weighted by Crippen LogP contribution is -2.45. The molecule has 1 N–H and O–H groups in total. The quantitative estimate of drug-likeness (QED) is 0.913. The Bertz CT molecular complexity index is 852. The third kappa shape index (κ3) is 3.42. The standard InChI is InChI=1S/C19H22N2O3S/c22-25(23,19-9-8-15-13-24-14-16(15)11-19)21-10-4-7-18(12-21)20-17-5-2-1-3-6-17/h1-3,5-6,8-9,11,18,20H,4,7,10,12-14H2. The number of rotatable bonds is 4. The fourth-order valence-corrected chi connectivity index (χ4v) is 5.08. The van der Waals surface area contributed by atoms with E-state index >= 15 is 0 Å². The molecule has 0 amide bonds. The highest BCUT2D eigenvalue weighted by Crippen LogP contribution is 2.27. The van der Waals surface area contributed by atoms with E-state index in [1.165, 1.54) is 0 Å². The highest BCUT2D eigenvalue weighted by Gasteiger charge is 2.31. The molecule has 2 aromatic carbocycles. The van der Waals surface area contributed by atoms with Crippen LogP contribution in [0.4, 0.5) is 5.69 Å². The van der Waals surface area contributed by atoms with E-state index in [1.807, 2.05) is 36.4 Å². The number of hydrogen-bond donors (Lipinski definition) is 1. The Morgan fingerprint density at radius 2 is 1.84 bits per heavy atom. The van der Waals surface area contributed by atoms with Crippen LogP contribution in [0.2, 0.25) is 0 Å². The molecule has 0 spiro atoms. The molecule has 5 nitrogen and oxygen atoms in total. The van der Waals surface area contributed by atoms with Crippen molar-refractivity contribution >= 4 is 15.7 Å². The van der Waals surface area contributed by atoms with E-state index in [-0.39, 0.29) is 6.04 Å². The molecule has 2 heterocycles. The van der Waals surface area contributed by atoms with Crippen LogP contribution >= 0.6 is 0 Å². The molecular weight excluding hydrogens is 336 g/mol. The van der Waals surface area contributed by atoms with E-state index in [0.29, 0.717) is 31.2 Å². The zero-order chi connectivity index (χ0) is 17.3. The molecule has 25 heavy (non-hydrogen) atoms. The number of hydrogen-bond acceptors (Lipinski definition) is 4. The summed E-state index contributed by atoms with van der Waals surface area (Å²) in [6.45, 7) is 2.13. The number of fused-ring (bicyclic) bond motifs is 1. The van der Waals surface area contributed by atoms with Crippen LogP contribution in [0, 0.1) is 0 Å². The van der Waals surface area contributed by atoms with Gasteiger partial charge in [-0.25, -0.2) is 8.42 Å². The molecule has 1 fully saturated rings. The first-order valence-electron chi connectivity index (χ1n) is 8.64. The number of anilines is 1. The topological polar surface area (TPSA) is 58.6 Å². The zero-order valence-electron chi connectivity index (χ0n) is 14.0. The predicted octanol–water partition coefficient (Wildman–Crippen LogP) is 2.98. The molecule has 2 aromatic rings. The highest BCUT2D eigenvalue weighted by molar-refractivity contribution is 7.89. The van der Waals surface area contributed by atoms with Gasteiger partial charge < -0.3 is 10.1 Å². The van der Waals surface area contributed by atoms with Crippen molar-refractivity contribution in [2.45, 2.75) is 37.0 Å². The molecule has 0 aliphatic carbocycles. The first-order valence-corrected chi connectivity index (χ1v) is 10.1. The summed E-state index contributed by atoms with van der Waals surface area (Å²) in [6.07, 6.45) is 1.83. The Labute approximate surface area is 148 Å². The van der Waals surface area contributed by atoms with Gasteiger partial charge in [0.1, 0.15) is 0 Å². The predicted molar refractivity (Wildman–Crippen MR) is 96.8 cm³/mol. The van der Waals surface area contributed by atoms with Gasteiger partial charge in [-0.2, -0.15) is 4.31 Å². The van der Waals surface area contributed by atoms with Gasteiger partial charge in [-0.05, 0) is 48.2 Å². The van der Waals surface area contributed by atoms with Crippen molar-refractivity contribution in [2.75, 3.05) is 18.4 Å². The monoisotopic (exact) mass is 358 g/mol. The van der Waals surface area contributed by atoms with Crippen LogP contribution in [0.15, 0.2) is 53.4 Å². The van der Waals surface area contributed by atoms with Crippen molar-refractivity contribution < 1.29 is 13.2 Å². The SMILES string of the molecule is O=S(=O)(c1ccc2c(c1)COC2)N1CCCC(Nc2ccccc2)C1. The maximum Gasteiger partial charge on any atom is 0.243 e. The molecule has 0 saturated carbocycles. The molecule has 6 heteroatoms. The molecule has 1 unspecified atom stereocenters. The fraction of sp³-hybridized carbons (Fsp3) is 0.368. The minimum atomic E-state index is -3.47. The van der Waals surface area contributed by atoms with Crippen LogP contribution in [0.5, 0.6) is 0 Å². The number of nitrogens with one attached hydrogen (secondary N) is 1. The molecule has 1 atom stereocenters. The van der Waals surface area contributed by atoms with Crippen LogP contribution < -0.4 is 5.32 Å². The average molecular weight is 358 g/mol. The zero-order valence-corrected chi connectivity index (χ0v) is 14.8. The second kappa shape index (κ2) is 6.78. The largest absolute Gasteiger partial charge is 0.381 e.